The van der Waals surface area contributed by atoms with Crippen LogP contribution in [0.5, 0.6) is 0 Å². The first-order valence-corrected chi connectivity index (χ1v) is 11.9. The molecule has 3 amide bonds. The number of anilines is 1. The first-order chi connectivity index (χ1) is 16.2. The molecule has 2 aliphatic heterocycles. The van der Waals surface area contributed by atoms with Crippen LogP contribution in [0.15, 0.2) is 18.2 Å². The van der Waals surface area contributed by atoms with Gasteiger partial charge in [0.25, 0.3) is 0 Å². The zero-order valence-electron chi connectivity index (χ0n) is 19.2. The van der Waals surface area contributed by atoms with E-state index in [0.717, 1.165) is 25.3 Å². The first kappa shape index (κ1) is 24.2. The van der Waals surface area contributed by atoms with E-state index in [1.54, 1.807) is 17.0 Å². The van der Waals surface area contributed by atoms with Crippen LogP contribution in [-0.2, 0) is 11.0 Å². The number of halogens is 3. The molecule has 10 heteroatoms. The molecule has 1 unspecified atom stereocenters. The van der Waals surface area contributed by atoms with Gasteiger partial charge in [-0.25, -0.2) is 4.79 Å². The number of benzene rings is 1. The van der Waals surface area contributed by atoms with Crippen LogP contribution in [-0.4, -0.2) is 55.6 Å². The number of hydrogen-bond donors (Lipinski definition) is 2. The highest BCUT2D eigenvalue weighted by Crippen LogP contribution is 2.46. The van der Waals surface area contributed by atoms with Crippen molar-refractivity contribution in [1.29, 1.82) is 5.26 Å². The molecule has 7 nitrogen and oxygen atoms in total. The molecule has 3 fully saturated rings. The lowest BCUT2D eigenvalue weighted by molar-refractivity contribution is -0.137. The summed E-state index contributed by atoms with van der Waals surface area (Å²) in [7, 11) is 0. The first-order valence-electron chi connectivity index (χ1n) is 11.9. The van der Waals surface area contributed by atoms with Gasteiger partial charge in [-0.15, -0.1) is 0 Å². The topological polar surface area (TPSA) is 88.5 Å². The summed E-state index contributed by atoms with van der Waals surface area (Å²) in [6.07, 6.45) is -0.665. The molecule has 2 heterocycles. The Morgan fingerprint density at radius 3 is 2.53 bits per heavy atom. The van der Waals surface area contributed by atoms with Crippen molar-refractivity contribution in [2.24, 2.45) is 11.3 Å². The molecule has 1 aromatic rings. The standard InChI is InChI=1S/C24H30F3N5O2/c1-2-9-29-22(34)32-14-20(21(33)30-17-4-5-17)23(15-32)7-10-31(11-8-23)18-6-3-16(13-28)19(12-18)24(25,26)27/h3,6,12,17,20H,2,4-5,7-11,14-15H2,1H3,(H,29,34)(H,30,33). The lowest BCUT2D eigenvalue weighted by Crippen LogP contribution is -2.49. The minimum Gasteiger partial charge on any atom is -0.371 e. The highest BCUT2D eigenvalue weighted by molar-refractivity contribution is 5.83. The van der Waals surface area contributed by atoms with Gasteiger partial charge >= 0.3 is 12.2 Å². The van der Waals surface area contributed by atoms with Crippen LogP contribution in [0.1, 0.15) is 50.2 Å². The van der Waals surface area contributed by atoms with Crippen molar-refractivity contribution >= 4 is 17.6 Å². The molecule has 2 saturated heterocycles. The predicted molar refractivity (Wildman–Crippen MR) is 120 cm³/mol. The average molecular weight is 478 g/mol. The summed E-state index contributed by atoms with van der Waals surface area (Å²) in [6.45, 7) is 4.29. The molecule has 0 radical (unpaired) electrons. The van der Waals surface area contributed by atoms with Crippen LogP contribution in [0.3, 0.4) is 0 Å². The molecular weight excluding hydrogens is 447 g/mol. The second-order valence-electron chi connectivity index (χ2n) is 9.64. The number of nitriles is 1. The minimum absolute atomic E-state index is 0.0283. The highest BCUT2D eigenvalue weighted by Gasteiger charge is 2.53. The van der Waals surface area contributed by atoms with Crippen molar-refractivity contribution in [3.8, 4) is 6.07 Å². The van der Waals surface area contributed by atoms with E-state index < -0.39 is 22.7 Å². The van der Waals surface area contributed by atoms with Gasteiger partial charge in [0.2, 0.25) is 5.91 Å². The molecule has 1 spiro atoms. The fourth-order valence-electron chi connectivity index (χ4n) is 5.14. The Labute approximate surface area is 197 Å². The number of carbonyl (C=O) groups is 2. The molecule has 1 aliphatic carbocycles. The van der Waals surface area contributed by atoms with Gasteiger partial charge < -0.3 is 20.4 Å². The Hall–Kier alpha value is -2.96. The zero-order chi connectivity index (χ0) is 24.5. The number of urea groups is 1. The lowest BCUT2D eigenvalue weighted by Gasteiger charge is -2.43. The SMILES string of the molecule is CCCNC(=O)N1CC(C(=O)NC2CC2)C2(CCN(c3ccc(C#N)c(C(F)(F)F)c3)CC2)C1. The molecule has 3 aliphatic rings. The van der Waals surface area contributed by atoms with Crippen molar-refractivity contribution in [3.63, 3.8) is 0 Å². The second kappa shape index (κ2) is 9.35. The number of alkyl halides is 3. The molecule has 2 N–H and O–H groups in total. The van der Waals surface area contributed by atoms with Crippen LogP contribution >= 0.6 is 0 Å². The Bertz CT molecular complexity index is 978. The number of amides is 3. The van der Waals surface area contributed by atoms with Gasteiger partial charge in [0, 0.05) is 49.9 Å². The third-order valence-electron chi connectivity index (χ3n) is 7.25. The Morgan fingerprint density at radius 2 is 1.94 bits per heavy atom. The number of piperidine rings is 1. The van der Waals surface area contributed by atoms with E-state index in [-0.39, 0.29) is 23.9 Å². The molecular formula is C24H30F3N5O2. The molecule has 1 aromatic carbocycles. The van der Waals surface area contributed by atoms with Gasteiger partial charge in [-0.2, -0.15) is 18.4 Å². The van der Waals surface area contributed by atoms with Crippen molar-refractivity contribution in [1.82, 2.24) is 15.5 Å². The summed E-state index contributed by atoms with van der Waals surface area (Å²) in [4.78, 5) is 29.3. The van der Waals surface area contributed by atoms with Crippen LogP contribution < -0.4 is 15.5 Å². The van der Waals surface area contributed by atoms with E-state index >= 15 is 0 Å². The number of nitrogens with one attached hydrogen (secondary N) is 2. The Kier molecular flexibility index (Phi) is 6.65. The number of hydrogen-bond acceptors (Lipinski definition) is 4. The number of carbonyl (C=O) groups excluding carboxylic acids is 2. The number of rotatable bonds is 5. The third kappa shape index (κ3) is 4.93. The van der Waals surface area contributed by atoms with Gasteiger partial charge in [0.15, 0.2) is 0 Å². The number of likely N-dealkylation sites (tertiary alicyclic amines) is 1. The smallest absolute Gasteiger partial charge is 0.371 e. The van der Waals surface area contributed by atoms with E-state index in [0.29, 0.717) is 51.3 Å². The Morgan fingerprint density at radius 1 is 1.24 bits per heavy atom. The molecule has 4 rings (SSSR count). The monoisotopic (exact) mass is 477 g/mol. The van der Waals surface area contributed by atoms with Crippen molar-refractivity contribution in [2.75, 3.05) is 37.6 Å². The molecule has 0 aromatic heterocycles. The maximum atomic E-state index is 13.4. The van der Waals surface area contributed by atoms with Crippen molar-refractivity contribution in [2.45, 2.75) is 51.2 Å². The van der Waals surface area contributed by atoms with Gasteiger partial charge in [-0.05, 0) is 50.3 Å². The highest BCUT2D eigenvalue weighted by atomic mass is 19.4. The summed E-state index contributed by atoms with van der Waals surface area (Å²) in [5.41, 5.74) is -1.32. The van der Waals surface area contributed by atoms with Crippen LogP contribution in [0.2, 0.25) is 0 Å². The maximum absolute atomic E-state index is 13.4. The summed E-state index contributed by atoms with van der Waals surface area (Å²) in [5.74, 6) is -0.367. The second-order valence-corrected chi connectivity index (χ2v) is 9.64. The quantitative estimate of drug-likeness (QED) is 0.680. The van der Waals surface area contributed by atoms with E-state index in [1.807, 2.05) is 11.8 Å². The summed E-state index contributed by atoms with van der Waals surface area (Å²) < 4.78 is 40.3. The largest absolute Gasteiger partial charge is 0.417 e. The van der Waals surface area contributed by atoms with Crippen LogP contribution in [0.25, 0.3) is 0 Å². The predicted octanol–water partition coefficient (Wildman–Crippen LogP) is 3.49. The summed E-state index contributed by atoms with van der Waals surface area (Å²) in [5, 5.41) is 15.0. The minimum atomic E-state index is -4.61. The normalized spacial score (nSPS) is 21.9. The molecule has 34 heavy (non-hydrogen) atoms. The molecule has 0 bridgehead atoms. The van der Waals surface area contributed by atoms with Crippen LogP contribution in [0, 0.1) is 22.7 Å². The van der Waals surface area contributed by atoms with Gasteiger partial charge in [-0.1, -0.05) is 6.92 Å². The van der Waals surface area contributed by atoms with Crippen molar-refractivity contribution in [3.05, 3.63) is 29.3 Å². The van der Waals surface area contributed by atoms with E-state index in [9.17, 15) is 22.8 Å². The summed E-state index contributed by atoms with van der Waals surface area (Å²) >= 11 is 0. The fraction of sp³-hybridized carbons (Fsp3) is 0.625. The van der Waals surface area contributed by atoms with E-state index in [2.05, 4.69) is 10.6 Å². The van der Waals surface area contributed by atoms with Crippen molar-refractivity contribution < 1.29 is 22.8 Å². The lowest BCUT2D eigenvalue weighted by atomic mass is 9.70. The molecule has 1 atom stereocenters. The third-order valence-corrected chi connectivity index (χ3v) is 7.25. The maximum Gasteiger partial charge on any atom is 0.417 e. The van der Waals surface area contributed by atoms with Gasteiger partial charge in [0.1, 0.15) is 0 Å². The van der Waals surface area contributed by atoms with Gasteiger partial charge in [-0.3, -0.25) is 4.79 Å². The fourth-order valence-corrected chi connectivity index (χ4v) is 5.14. The summed E-state index contributed by atoms with van der Waals surface area (Å²) in [6, 6.07) is 5.45. The van der Waals surface area contributed by atoms with E-state index in [1.165, 1.54) is 6.07 Å². The van der Waals surface area contributed by atoms with Gasteiger partial charge in [0.05, 0.1) is 23.1 Å². The molecule has 184 valence electrons. The van der Waals surface area contributed by atoms with Crippen LogP contribution in [0.4, 0.5) is 23.7 Å². The zero-order valence-corrected chi connectivity index (χ0v) is 19.2. The number of nitrogens with zero attached hydrogens (tertiary/aromatic N) is 3. The van der Waals surface area contributed by atoms with E-state index in [4.69, 9.17) is 5.26 Å². The Balaban J connectivity index is 1.51. The average Bonchev–Trinajstić information content (AvgIpc) is 3.55. The molecule has 1 saturated carbocycles.